The number of fused-ring (bicyclic) bond motifs is 5. The molecule has 2 nitrogen and oxygen atoms in total. The Bertz CT molecular complexity index is 3540. The van der Waals surface area contributed by atoms with E-state index in [9.17, 15) is 0 Å². The molecule has 0 aliphatic heterocycles. The third kappa shape index (κ3) is 5.76. The highest BCUT2D eigenvalue weighted by atomic mass is 15.1. The SMILES string of the molecule is Cc1ccc(-c2c3ccccc3c(-c3ccc(-c4c5ccccc5c(-c5ccc(-c6nc7ccccc7n6-c6ccccc6)cc5)c5ccccc45)cc3)c3ccccc23)cc1. The van der Waals surface area contributed by atoms with Crippen molar-refractivity contribution in [1.29, 1.82) is 0 Å². The molecular weight excluding hydrogens is 749 g/mol. The molecule has 0 saturated heterocycles. The molecule has 0 amide bonds. The number of nitrogens with zero attached hydrogens (tertiary/aromatic N) is 2. The highest BCUT2D eigenvalue weighted by molar-refractivity contribution is 6.23. The lowest BCUT2D eigenvalue weighted by Crippen LogP contribution is -1.97. The van der Waals surface area contributed by atoms with Gasteiger partial charge in [-0.3, -0.25) is 4.57 Å². The zero-order valence-corrected chi connectivity index (χ0v) is 34.3. The first-order valence-corrected chi connectivity index (χ1v) is 21.4. The second-order valence-electron chi connectivity index (χ2n) is 16.3. The number of aryl methyl sites for hydroxylation is 1. The van der Waals surface area contributed by atoms with Crippen LogP contribution in [0.25, 0.3) is 116 Å². The molecule has 12 aromatic rings. The Hall–Kier alpha value is -8.07. The van der Waals surface area contributed by atoms with Gasteiger partial charge in [0.1, 0.15) is 5.82 Å². The summed E-state index contributed by atoms with van der Waals surface area (Å²) >= 11 is 0. The van der Waals surface area contributed by atoms with Crippen LogP contribution in [-0.2, 0) is 0 Å². The summed E-state index contributed by atoms with van der Waals surface area (Å²) in [7, 11) is 0. The third-order valence-corrected chi connectivity index (χ3v) is 12.7. The van der Waals surface area contributed by atoms with E-state index in [0.717, 1.165) is 28.1 Å². The van der Waals surface area contributed by atoms with Crippen molar-refractivity contribution in [2.45, 2.75) is 6.92 Å². The number of aromatic nitrogens is 2. The quantitative estimate of drug-likeness (QED) is 0.153. The zero-order chi connectivity index (χ0) is 41.1. The maximum atomic E-state index is 5.14. The molecule has 0 N–H and O–H groups in total. The summed E-state index contributed by atoms with van der Waals surface area (Å²) < 4.78 is 2.26. The molecule has 0 aliphatic rings. The Morgan fingerprint density at radius 1 is 0.290 bits per heavy atom. The normalized spacial score (nSPS) is 11.6. The second-order valence-corrected chi connectivity index (χ2v) is 16.3. The van der Waals surface area contributed by atoms with Crippen LogP contribution in [0.15, 0.2) is 224 Å². The first kappa shape index (κ1) is 35.8. The molecule has 0 spiro atoms. The first-order chi connectivity index (χ1) is 30.7. The minimum atomic E-state index is 0.931. The summed E-state index contributed by atoms with van der Waals surface area (Å²) in [4.78, 5) is 5.14. The van der Waals surface area contributed by atoms with Crippen molar-refractivity contribution in [1.82, 2.24) is 9.55 Å². The van der Waals surface area contributed by atoms with E-state index in [0.29, 0.717) is 0 Å². The van der Waals surface area contributed by atoms with E-state index in [2.05, 4.69) is 236 Å². The van der Waals surface area contributed by atoms with Crippen LogP contribution in [0.3, 0.4) is 0 Å². The van der Waals surface area contributed by atoms with Gasteiger partial charge in [0, 0.05) is 11.3 Å². The Labute approximate surface area is 360 Å². The molecule has 1 aromatic heterocycles. The van der Waals surface area contributed by atoms with Gasteiger partial charge in [-0.2, -0.15) is 0 Å². The summed E-state index contributed by atoms with van der Waals surface area (Å²) in [5.74, 6) is 0.931. The van der Waals surface area contributed by atoms with E-state index < -0.39 is 0 Å². The van der Waals surface area contributed by atoms with Crippen molar-refractivity contribution in [3.8, 4) is 61.6 Å². The fourth-order valence-electron chi connectivity index (χ4n) is 9.87. The average Bonchev–Trinajstić information content (AvgIpc) is 3.73. The van der Waals surface area contributed by atoms with Crippen molar-refractivity contribution < 1.29 is 0 Å². The topological polar surface area (TPSA) is 17.8 Å². The standard InChI is InChI=1S/C60H40N2/c1-39-27-29-40(30-28-39)56-46-17-5-7-19-48(46)57(49-20-8-6-18-47(49)56)41-31-33-42(34-32-41)58-50-21-9-11-23-52(50)59(53-24-12-10-22-51(53)58)43-35-37-44(38-36-43)60-61-54-25-13-14-26-55(54)62(60)45-15-3-2-4-16-45/h2-38H,1H3. The first-order valence-electron chi connectivity index (χ1n) is 21.4. The predicted octanol–water partition coefficient (Wildman–Crippen LogP) is 16.3. The van der Waals surface area contributed by atoms with Crippen molar-refractivity contribution in [2.75, 3.05) is 0 Å². The molecule has 12 rings (SSSR count). The van der Waals surface area contributed by atoms with Crippen LogP contribution in [0.4, 0.5) is 0 Å². The van der Waals surface area contributed by atoms with E-state index in [-0.39, 0.29) is 0 Å². The van der Waals surface area contributed by atoms with Gasteiger partial charge >= 0.3 is 0 Å². The van der Waals surface area contributed by atoms with Gasteiger partial charge in [0.15, 0.2) is 0 Å². The van der Waals surface area contributed by atoms with Crippen LogP contribution in [0.5, 0.6) is 0 Å². The summed E-state index contributed by atoms with van der Waals surface area (Å²) in [5.41, 5.74) is 15.4. The molecular formula is C60H40N2. The molecule has 11 aromatic carbocycles. The Kier molecular flexibility index (Phi) is 8.43. The summed E-state index contributed by atoms with van der Waals surface area (Å²) in [5, 5.41) is 10.0. The number of hydrogen-bond donors (Lipinski definition) is 0. The minimum absolute atomic E-state index is 0.931. The highest BCUT2D eigenvalue weighted by Gasteiger charge is 2.20. The molecule has 0 unspecified atom stereocenters. The van der Waals surface area contributed by atoms with E-state index in [1.165, 1.54) is 93.2 Å². The lowest BCUT2D eigenvalue weighted by Gasteiger charge is -2.19. The number of benzene rings is 11. The Morgan fingerprint density at radius 2 is 0.597 bits per heavy atom. The van der Waals surface area contributed by atoms with Crippen LogP contribution in [0.2, 0.25) is 0 Å². The molecule has 2 heteroatoms. The highest BCUT2D eigenvalue weighted by Crippen LogP contribution is 2.47. The summed E-state index contributed by atoms with van der Waals surface area (Å²) in [6.45, 7) is 2.15. The monoisotopic (exact) mass is 788 g/mol. The molecule has 0 bridgehead atoms. The smallest absolute Gasteiger partial charge is 0.145 e. The van der Waals surface area contributed by atoms with Gasteiger partial charge in [-0.15, -0.1) is 0 Å². The van der Waals surface area contributed by atoms with Gasteiger partial charge in [-0.1, -0.05) is 206 Å². The minimum Gasteiger partial charge on any atom is -0.292 e. The molecule has 0 fully saturated rings. The predicted molar refractivity (Wildman–Crippen MR) is 263 cm³/mol. The largest absolute Gasteiger partial charge is 0.292 e. The average molecular weight is 789 g/mol. The Balaban J connectivity index is 0.994. The van der Waals surface area contributed by atoms with Crippen LogP contribution >= 0.6 is 0 Å². The number of imidazole rings is 1. The summed E-state index contributed by atoms with van der Waals surface area (Å²) in [6, 6.07) is 81.8. The van der Waals surface area contributed by atoms with Gasteiger partial charge in [-0.05, 0) is 119 Å². The van der Waals surface area contributed by atoms with Crippen molar-refractivity contribution in [3.05, 3.63) is 230 Å². The molecule has 0 atom stereocenters. The van der Waals surface area contributed by atoms with Crippen molar-refractivity contribution >= 4 is 54.1 Å². The fraction of sp³-hybridized carbons (Fsp3) is 0.0167. The molecule has 0 aliphatic carbocycles. The fourth-order valence-corrected chi connectivity index (χ4v) is 9.87. The maximum absolute atomic E-state index is 5.14. The van der Waals surface area contributed by atoms with Crippen LogP contribution < -0.4 is 0 Å². The lowest BCUT2D eigenvalue weighted by molar-refractivity contribution is 1.10. The summed E-state index contributed by atoms with van der Waals surface area (Å²) in [6.07, 6.45) is 0. The van der Waals surface area contributed by atoms with Gasteiger partial charge in [0.05, 0.1) is 11.0 Å². The van der Waals surface area contributed by atoms with Crippen LogP contribution in [-0.4, -0.2) is 9.55 Å². The van der Waals surface area contributed by atoms with Crippen molar-refractivity contribution in [3.63, 3.8) is 0 Å². The molecule has 0 saturated carbocycles. The molecule has 62 heavy (non-hydrogen) atoms. The van der Waals surface area contributed by atoms with Crippen LogP contribution in [0, 0.1) is 6.92 Å². The van der Waals surface area contributed by atoms with Gasteiger partial charge in [0.25, 0.3) is 0 Å². The maximum Gasteiger partial charge on any atom is 0.145 e. The van der Waals surface area contributed by atoms with Crippen LogP contribution in [0.1, 0.15) is 5.56 Å². The molecule has 0 radical (unpaired) electrons. The lowest BCUT2D eigenvalue weighted by atomic mass is 9.84. The second kappa shape index (κ2) is 14.6. The molecule has 1 heterocycles. The number of rotatable bonds is 6. The van der Waals surface area contributed by atoms with E-state index in [4.69, 9.17) is 4.98 Å². The van der Waals surface area contributed by atoms with Gasteiger partial charge in [-0.25, -0.2) is 4.98 Å². The molecule has 290 valence electrons. The van der Waals surface area contributed by atoms with E-state index in [1.54, 1.807) is 0 Å². The van der Waals surface area contributed by atoms with Gasteiger partial charge < -0.3 is 0 Å². The zero-order valence-electron chi connectivity index (χ0n) is 34.3. The van der Waals surface area contributed by atoms with E-state index >= 15 is 0 Å². The Morgan fingerprint density at radius 3 is 0.984 bits per heavy atom. The third-order valence-electron chi connectivity index (χ3n) is 12.7. The van der Waals surface area contributed by atoms with Gasteiger partial charge in [0.2, 0.25) is 0 Å². The number of para-hydroxylation sites is 3. The van der Waals surface area contributed by atoms with Crippen molar-refractivity contribution in [2.24, 2.45) is 0 Å². The number of hydrogen-bond acceptors (Lipinski definition) is 1. The van der Waals surface area contributed by atoms with E-state index in [1.807, 2.05) is 0 Å².